The molecule has 0 amide bonds. The summed E-state index contributed by atoms with van der Waals surface area (Å²) in [4.78, 5) is 0. The Kier molecular flexibility index (Phi) is 2.03. The summed E-state index contributed by atoms with van der Waals surface area (Å²) in [5.41, 5.74) is 0. The first-order chi connectivity index (χ1) is 3.81. The van der Waals surface area contributed by atoms with Gasteiger partial charge in [0.05, 0.1) is 0 Å². The third kappa shape index (κ3) is 1.80. The number of rotatable bonds is 2. The Morgan fingerprint density at radius 2 is 1.44 bits per heavy atom. The van der Waals surface area contributed by atoms with E-state index in [-0.39, 0.29) is 0 Å². The van der Waals surface area contributed by atoms with Crippen molar-refractivity contribution in [3.05, 3.63) is 6.92 Å². The normalized spacial score (nSPS) is 14.0. The number of halogens is 5. The number of hydrogen-bond acceptors (Lipinski definition) is 0. The molecule has 0 fully saturated rings. The molecule has 0 aliphatic heterocycles. The average Bonchev–Trinajstić information content (AvgIpc) is 1.64. The van der Waals surface area contributed by atoms with Crippen LogP contribution in [0.3, 0.4) is 0 Å². The third-order valence-corrected chi connectivity index (χ3v) is 0.703. The fourth-order valence-corrected chi connectivity index (χ4v) is 0.0978. The highest BCUT2D eigenvalue weighted by Gasteiger charge is 2.52. The molecule has 0 aromatic rings. The van der Waals surface area contributed by atoms with E-state index in [9.17, 15) is 22.0 Å². The molecule has 0 aliphatic carbocycles. The van der Waals surface area contributed by atoms with Gasteiger partial charge in [0, 0.05) is 6.92 Å². The zero-order chi connectivity index (χ0) is 7.71. The maximum Gasteiger partial charge on any atom is 0.337 e. The molecule has 0 atom stereocenters. The first-order valence-corrected chi connectivity index (χ1v) is 1.98. The van der Waals surface area contributed by atoms with E-state index in [0.29, 0.717) is 0 Å². The van der Waals surface area contributed by atoms with E-state index in [1.165, 1.54) is 0 Å². The molecule has 0 N–H and O–H groups in total. The van der Waals surface area contributed by atoms with Crippen LogP contribution in [0.2, 0.25) is 0 Å². The summed E-state index contributed by atoms with van der Waals surface area (Å²) in [6.07, 6.45) is 0. The van der Waals surface area contributed by atoms with Gasteiger partial charge >= 0.3 is 11.8 Å². The maximum absolute atomic E-state index is 11.5. The molecule has 1 radical (unpaired) electrons. The lowest BCUT2D eigenvalue weighted by Crippen LogP contribution is -2.39. The van der Waals surface area contributed by atoms with Crippen molar-refractivity contribution >= 4 is 0 Å². The second kappa shape index (κ2) is 2.11. The Morgan fingerprint density at radius 3 is 1.44 bits per heavy atom. The summed E-state index contributed by atoms with van der Waals surface area (Å²) in [5.74, 6) is -9.14. The summed E-state index contributed by atoms with van der Waals surface area (Å²) < 4.78 is 56.7. The van der Waals surface area contributed by atoms with E-state index in [0.717, 1.165) is 0 Å². The molecule has 9 heavy (non-hydrogen) atoms. The van der Waals surface area contributed by atoms with Crippen molar-refractivity contribution in [2.75, 3.05) is 6.67 Å². The highest BCUT2D eigenvalue weighted by atomic mass is 19.3. The zero-order valence-corrected chi connectivity index (χ0v) is 4.30. The Labute approximate surface area is 48.7 Å². The van der Waals surface area contributed by atoms with Gasteiger partial charge in [-0.15, -0.1) is 0 Å². The van der Waals surface area contributed by atoms with Gasteiger partial charge in [0.25, 0.3) is 0 Å². The fraction of sp³-hybridized carbons (Fsp3) is 0.750. The molecule has 0 rings (SSSR count). The molecule has 0 heterocycles. The standard InChI is InChI=1S/C4H4F5/c1-3(6,7)4(8,9)2-5/h1-2H2. The molecule has 0 spiro atoms. The Bertz CT molecular complexity index is 91.6. The van der Waals surface area contributed by atoms with Crippen LogP contribution in [0.4, 0.5) is 22.0 Å². The van der Waals surface area contributed by atoms with Crippen molar-refractivity contribution in [1.29, 1.82) is 0 Å². The van der Waals surface area contributed by atoms with E-state index in [2.05, 4.69) is 0 Å². The van der Waals surface area contributed by atoms with Gasteiger partial charge < -0.3 is 0 Å². The molecule has 55 valence electrons. The molecule has 0 unspecified atom stereocenters. The smallest absolute Gasteiger partial charge is 0.244 e. The van der Waals surface area contributed by atoms with Crippen LogP contribution < -0.4 is 0 Å². The molecular formula is C4H4F5. The molecule has 0 aromatic heterocycles. The van der Waals surface area contributed by atoms with Crippen molar-refractivity contribution in [3.63, 3.8) is 0 Å². The van der Waals surface area contributed by atoms with E-state index in [1.54, 1.807) is 6.92 Å². The van der Waals surface area contributed by atoms with Crippen LogP contribution >= 0.6 is 0 Å². The third-order valence-electron chi connectivity index (χ3n) is 0.703. The van der Waals surface area contributed by atoms with Crippen LogP contribution in [0.25, 0.3) is 0 Å². The largest absolute Gasteiger partial charge is 0.337 e. The molecule has 0 saturated carbocycles. The van der Waals surface area contributed by atoms with E-state index in [4.69, 9.17) is 0 Å². The minimum absolute atomic E-state index is 1.79. The SMILES string of the molecule is [CH2]C(F)(F)C(F)(F)CF. The molecule has 0 nitrogen and oxygen atoms in total. The van der Waals surface area contributed by atoms with Crippen LogP contribution in [0.15, 0.2) is 0 Å². The zero-order valence-electron chi connectivity index (χ0n) is 4.30. The van der Waals surface area contributed by atoms with Gasteiger partial charge in [0.15, 0.2) is 6.67 Å². The van der Waals surface area contributed by atoms with Gasteiger partial charge in [0.1, 0.15) is 0 Å². The predicted octanol–water partition coefficient (Wildman–Crippen LogP) is 2.06. The number of alkyl halides is 5. The van der Waals surface area contributed by atoms with Crippen LogP contribution in [0.1, 0.15) is 0 Å². The predicted molar refractivity (Wildman–Crippen MR) is 21.2 cm³/mol. The van der Waals surface area contributed by atoms with Crippen molar-refractivity contribution in [1.82, 2.24) is 0 Å². The quantitative estimate of drug-likeness (QED) is 0.524. The molecule has 0 aliphatic rings. The lowest BCUT2D eigenvalue weighted by atomic mass is 10.2. The topological polar surface area (TPSA) is 0 Å². The molecule has 5 heteroatoms. The minimum Gasteiger partial charge on any atom is -0.244 e. The molecular weight excluding hydrogens is 143 g/mol. The average molecular weight is 147 g/mol. The van der Waals surface area contributed by atoms with Gasteiger partial charge in [0.2, 0.25) is 0 Å². The highest BCUT2D eigenvalue weighted by Crippen LogP contribution is 2.33. The summed E-state index contributed by atoms with van der Waals surface area (Å²) in [7, 11) is 0. The van der Waals surface area contributed by atoms with Gasteiger partial charge in [-0.05, 0) is 0 Å². The molecule has 0 bridgehead atoms. The van der Waals surface area contributed by atoms with Crippen molar-refractivity contribution in [3.8, 4) is 0 Å². The first-order valence-electron chi connectivity index (χ1n) is 1.98. The Morgan fingerprint density at radius 1 is 1.11 bits per heavy atom. The van der Waals surface area contributed by atoms with Gasteiger partial charge in [-0.1, -0.05) is 0 Å². The van der Waals surface area contributed by atoms with Crippen molar-refractivity contribution in [2.24, 2.45) is 0 Å². The first kappa shape index (κ1) is 8.65. The van der Waals surface area contributed by atoms with Crippen molar-refractivity contribution in [2.45, 2.75) is 11.8 Å². The fourth-order valence-electron chi connectivity index (χ4n) is 0.0978. The Balaban J connectivity index is 4.14. The van der Waals surface area contributed by atoms with E-state index < -0.39 is 18.5 Å². The summed E-state index contributed by atoms with van der Waals surface area (Å²) in [6.45, 7) is -0.596. The second-order valence-electron chi connectivity index (χ2n) is 1.54. The highest BCUT2D eigenvalue weighted by molar-refractivity contribution is 4.85. The van der Waals surface area contributed by atoms with Crippen LogP contribution in [0.5, 0.6) is 0 Å². The molecule has 0 saturated heterocycles. The molecule has 0 aromatic carbocycles. The summed E-state index contributed by atoms with van der Waals surface area (Å²) >= 11 is 0. The Hall–Kier alpha value is -0.350. The summed E-state index contributed by atoms with van der Waals surface area (Å²) in [6, 6.07) is 0. The maximum atomic E-state index is 11.5. The lowest BCUT2D eigenvalue weighted by molar-refractivity contribution is -0.189. The minimum atomic E-state index is -4.63. The van der Waals surface area contributed by atoms with Crippen LogP contribution in [-0.2, 0) is 0 Å². The van der Waals surface area contributed by atoms with Crippen LogP contribution in [0, 0.1) is 6.92 Å². The van der Waals surface area contributed by atoms with E-state index in [1.807, 2.05) is 0 Å². The van der Waals surface area contributed by atoms with Crippen molar-refractivity contribution < 1.29 is 22.0 Å². The van der Waals surface area contributed by atoms with Gasteiger partial charge in [-0.2, -0.15) is 17.6 Å². The van der Waals surface area contributed by atoms with Gasteiger partial charge in [-0.3, -0.25) is 0 Å². The number of hydrogen-bond donors (Lipinski definition) is 0. The summed E-state index contributed by atoms with van der Waals surface area (Å²) in [5, 5.41) is 0. The lowest BCUT2D eigenvalue weighted by Gasteiger charge is -2.18. The van der Waals surface area contributed by atoms with E-state index >= 15 is 0 Å². The second-order valence-corrected chi connectivity index (χ2v) is 1.54. The monoisotopic (exact) mass is 147 g/mol. The van der Waals surface area contributed by atoms with Gasteiger partial charge in [-0.25, -0.2) is 4.39 Å². The van der Waals surface area contributed by atoms with Crippen LogP contribution in [-0.4, -0.2) is 18.5 Å².